The number of nitrogens with zero attached hydrogens (tertiary/aromatic N) is 2. The molecule has 0 atom stereocenters. The summed E-state index contributed by atoms with van der Waals surface area (Å²) in [5.41, 5.74) is 0.633. The lowest BCUT2D eigenvalue weighted by atomic mass is 10.2. The van der Waals surface area contributed by atoms with Gasteiger partial charge >= 0.3 is 6.09 Å². The van der Waals surface area contributed by atoms with Crippen LogP contribution in [0.2, 0.25) is 0 Å². The Morgan fingerprint density at radius 1 is 1.27 bits per heavy atom. The second-order valence-corrected chi connectivity index (χ2v) is 6.74. The minimum atomic E-state index is -0.550. The first kappa shape index (κ1) is 16.5. The van der Waals surface area contributed by atoms with E-state index < -0.39 is 11.7 Å². The van der Waals surface area contributed by atoms with Crippen molar-refractivity contribution in [3.05, 3.63) is 46.7 Å². The van der Waals surface area contributed by atoms with Crippen molar-refractivity contribution in [2.24, 2.45) is 0 Å². The van der Waals surface area contributed by atoms with Gasteiger partial charge in [0.1, 0.15) is 5.60 Å². The van der Waals surface area contributed by atoms with Gasteiger partial charge in [-0.25, -0.2) is 4.79 Å². The number of hydrogen-bond acceptors (Lipinski definition) is 4. The molecule has 0 aliphatic heterocycles. The molecule has 6 heteroatoms. The molecule has 0 N–H and O–H groups in total. The monoisotopic (exact) mass is 366 g/mol. The zero-order valence-corrected chi connectivity index (χ0v) is 14.5. The number of aromatic nitrogens is 2. The van der Waals surface area contributed by atoms with E-state index in [1.54, 1.807) is 0 Å². The molecule has 1 heterocycles. The number of benzene rings is 1. The van der Waals surface area contributed by atoms with Gasteiger partial charge in [-0.15, -0.1) is 0 Å². The van der Waals surface area contributed by atoms with E-state index in [1.165, 1.54) is 18.0 Å². The predicted octanol–water partition coefficient (Wildman–Crippen LogP) is 4.05. The maximum absolute atomic E-state index is 11.8. The van der Waals surface area contributed by atoms with Gasteiger partial charge in [0.25, 0.3) is 0 Å². The third kappa shape index (κ3) is 5.18. The highest BCUT2D eigenvalue weighted by atomic mass is 79.9. The molecular weight excluding hydrogens is 348 g/mol. The molecular formula is C16H19BrN2O3. The topological polar surface area (TPSA) is 53.4 Å². The van der Waals surface area contributed by atoms with Crippen LogP contribution in [0.15, 0.2) is 41.1 Å². The van der Waals surface area contributed by atoms with Gasteiger partial charge in [0.15, 0.2) is 5.75 Å². The van der Waals surface area contributed by atoms with Crippen molar-refractivity contribution >= 4 is 22.0 Å². The van der Waals surface area contributed by atoms with Gasteiger partial charge < -0.3 is 9.47 Å². The Morgan fingerprint density at radius 2 is 1.95 bits per heavy atom. The molecule has 0 radical (unpaired) electrons. The first-order valence-corrected chi connectivity index (χ1v) is 7.78. The van der Waals surface area contributed by atoms with E-state index in [0.717, 1.165) is 15.6 Å². The van der Waals surface area contributed by atoms with Crippen LogP contribution in [-0.2, 0) is 11.2 Å². The van der Waals surface area contributed by atoms with Crippen molar-refractivity contribution in [2.75, 3.05) is 6.61 Å². The lowest BCUT2D eigenvalue weighted by molar-refractivity contribution is 0.0514. The molecule has 0 spiro atoms. The molecule has 0 aliphatic rings. The fourth-order valence-corrected chi connectivity index (χ4v) is 1.99. The van der Waals surface area contributed by atoms with Crippen LogP contribution in [0.5, 0.6) is 5.75 Å². The van der Waals surface area contributed by atoms with Crippen LogP contribution in [0.25, 0.3) is 0 Å². The highest BCUT2D eigenvalue weighted by Gasteiger charge is 2.18. The predicted molar refractivity (Wildman–Crippen MR) is 87.2 cm³/mol. The fourth-order valence-electron chi connectivity index (χ4n) is 1.73. The van der Waals surface area contributed by atoms with Crippen molar-refractivity contribution in [3.8, 4) is 5.75 Å². The van der Waals surface area contributed by atoms with E-state index in [4.69, 9.17) is 9.47 Å². The zero-order chi connectivity index (χ0) is 16.2. The summed E-state index contributed by atoms with van der Waals surface area (Å²) in [4.78, 5) is 11.8. The van der Waals surface area contributed by atoms with Crippen LogP contribution in [0.1, 0.15) is 26.3 Å². The van der Waals surface area contributed by atoms with Gasteiger partial charge in [0.2, 0.25) is 0 Å². The van der Waals surface area contributed by atoms with E-state index in [2.05, 4.69) is 21.0 Å². The highest BCUT2D eigenvalue weighted by Crippen LogP contribution is 2.14. The van der Waals surface area contributed by atoms with E-state index in [1.807, 2.05) is 45.0 Å². The molecule has 0 aliphatic carbocycles. The summed E-state index contributed by atoms with van der Waals surface area (Å²) in [6.07, 6.45) is 3.29. The summed E-state index contributed by atoms with van der Waals surface area (Å²) in [7, 11) is 0. The summed E-state index contributed by atoms with van der Waals surface area (Å²) >= 11 is 3.40. The molecule has 118 valence electrons. The minimum Gasteiger partial charge on any atom is -0.490 e. The summed E-state index contributed by atoms with van der Waals surface area (Å²) in [5.74, 6) is 0.544. The Balaban J connectivity index is 1.84. The van der Waals surface area contributed by atoms with Crippen molar-refractivity contribution in [2.45, 2.75) is 32.8 Å². The maximum atomic E-state index is 11.8. The molecule has 22 heavy (non-hydrogen) atoms. The van der Waals surface area contributed by atoms with Crippen LogP contribution in [0.4, 0.5) is 4.79 Å². The van der Waals surface area contributed by atoms with E-state index in [9.17, 15) is 4.79 Å². The van der Waals surface area contributed by atoms with E-state index >= 15 is 0 Å². The summed E-state index contributed by atoms with van der Waals surface area (Å²) < 4.78 is 13.0. The summed E-state index contributed by atoms with van der Waals surface area (Å²) in [6.45, 7) is 5.94. The lowest BCUT2D eigenvalue weighted by Gasteiger charge is -2.18. The number of rotatable bonds is 4. The Hall–Kier alpha value is -1.82. The molecule has 0 unspecified atom stereocenters. The molecule has 1 aromatic heterocycles. The third-order valence-corrected chi connectivity index (χ3v) is 3.24. The Kier molecular flexibility index (Phi) is 5.24. The molecule has 0 saturated carbocycles. The van der Waals surface area contributed by atoms with Gasteiger partial charge in [0, 0.05) is 10.9 Å². The standard InChI is InChI=1S/C16H19BrN2O3/c1-16(2,3)22-15(20)19-11-14(10-18-19)21-9-8-12-4-6-13(17)7-5-12/h4-7,10-11H,8-9H2,1-3H3. The van der Waals surface area contributed by atoms with Crippen LogP contribution in [0.3, 0.4) is 0 Å². The Morgan fingerprint density at radius 3 is 2.59 bits per heavy atom. The Bertz CT molecular complexity index is 630. The number of ether oxygens (including phenoxy) is 2. The second-order valence-electron chi connectivity index (χ2n) is 5.83. The number of halogens is 1. The van der Waals surface area contributed by atoms with Crippen molar-refractivity contribution in [1.29, 1.82) is 0 Å². The highest BCUT2D eigenvalue weighted by molar-refractivity contribution is 9.10. The SMILES string of the molecule is CC(C)(C)OC(=O)n1cc(OCCc2ccc(Br)cc2)cn1. The van der Waals surface area contributed by atoms with Crippen molar-refractivity contribution in [3.63, 3.8) is 0 Å². The molecule has 0 bridgehead atoms. The van der Waals surface area contributed by atoms with Gasteiger partial charge in [-0.1, -0.05) is 28.1 Å². The largest absolute Gasteiger partial charge is 0.490 e. The number of hydrogen-bond donors (Lipinski definition) is 0. The minimum absolute atomic E-state index is 0.516. The summed E-state index contributed by atoms with van der Waals surface area (Å²) in [6, 6.07) is 8.07. The van der Waals surface area contributed by atoms with Gasteiger partial charge in [-0.3, -0.25) is 0 Å². The normalized spacial score (nSPS) is 11.3. The second kappa shape index (κ2) is 6.96. The molecule has 0 fully saturated rings. The molecule has 0 saturated heterocycles. The first-order chi connectivity index (χ1) is 10.3. The number of carbonyl (C=O) groups is 1. The Labute approximate surface area is 138 Å². The molecule has 2 aromatic rings. The molecule has 2 rings (SSSR count). The van der Waals surface area contributed by atoms with Crippen molar-refractivity contribution < 1.29 is 14.3 Å². The van der Waals surface area contributed by atoms with Crippen LogP contribution >= 0.6 is 15.9 Å². The molecule has 5 nitrogen and oxygen atoms in total. The fraction of sp³-hybridized carbons (Fsp3) is 0.375. The summed E-state index contributed by atoms with van der Waals surface area (Å²) in [5, 5.41) is 3.95. The van der Waals surface area contributed by atoms with Gasteiger partial charge in [-0.2, -0.15) is 9.78 Å². The average molecular weight is 367 g/mol. The number of carbonyl (C=O) groups excluding carboxylic acids is 1. The quantitative estimate of drug-likeness (QED) is 0.818. The van der Waals surface area contributed by atoms with E-state index in [-0.39, 0.29) is 0 Å². The molecule has 0 amide bonds. The van der Waals surface area contributed by atoms with Crippen LogP contribution in [-0.4, -0.2) is 28.1 Å². The smallest absolute Gasteiger partial charge is 0.435 e. The average Bonchev–Trinajstić information content (AvgIpc) is 2.88. The maximum Gasteiger partial charge on any atom is 0.435 e. The van der Waals surface area contributed by atoms with Crippen LogP contribution in [0, 0.1) is 0 Å². The first-order valence-electron chi connectivity index (χ1n) is 6.99. The molecule has 1 aromatic carbocycles. The van der Waals surface area contributed by atoms with E-state index in [0.29, 0.717) is 12.4 Å². The van der Waals surface area contributed by atoms with Crippen LogP contribution < -0.4 is 4.74 Å². The van der Waals surface area contributed by atoms with Crippen molar-refractivity contribution in [1.82, 2.24) is 9.78 Å². The lowest BCUT2D eigenvalue weighted by Crippen LogP contribution is -2.27. The third-order valence-electron chi connectivity index (χ3n) is 2.71. The van der Waals surface area contributed by atoms with Gasteiger partial charge in [-0.05, 0) is 38.5 Å². The zero-order valence-electron chi connectivity index (χ0n) is 12.9. The van der Waals surface area contributed by atoms with Gasteiger partial charge in [0.05, 0.1) is 19.0 Å².